The molecule has 1 rings (SSSR count). The molecule has 0 spiro atoms. The molecule has 1 N–H and O–H groups in total. The van der Waals surface area contributed by atoms with Crippen LogP contribution in [-0.2, 0) is 4.74 Å². The third-order valence-electron chi connectivity index (χ3n) is 2.31. The second kappa shape index (κ2) is 6.65. The molecular formula is C13H6F2N4O2. The molecule has 0 bridgehead atoms. The summed E-state index contributed by atoms with van der Waals surface area (Å²) in [4.78, 5) is 11.5. The number of hydrogen-bond donors (Lipinski definition) is 1. The summed E-state index contributed by atoms with van der Waals surface area (Å²) in [5, 5.41) is 28.5. The Morgan fingerprint density at radius 1 is 1.14 bits per heavy atom. The molecule has 0 atom stereocenters. The Morgan fingerprint density at radius 3 is 2.19 bits per heavy atom. The van der Waals surface area contributed by atoms with Crippen LogP contribution in [0.25, 0.3) is 0 Å². The number of benzene rings is 1. The Morgan fingerprint density at radius 2 is 1.71 bits per heavy atom. The molecule has 0 aromatic heterocycles. The number of carbonyl (C=O) groups is 1. The van der Waals surface area contributed by atoms with Gasteiger partial charge in [-0.3, -0.25) is 0 Å². The van der Waals surface area contributed by atoms with Crippen molar-refractivity contribution in [2.45, 2.75) is 0 Å². The zero-order valence-electron chi connectivity index (χ0n) is 10.6. The molecule has 0 saturated heterocycles. The quantitative estimate of drug-likeness (QED) is 0.672. The number of nitrogens with zero attached hydrogens (tertiary/aromatic N) is 3. The molecule has 0 unspecified atom stereocenters. The number of hydrogen-bond acceptors (Lipinski definition) is 6. The Kier molecular flexibility index (Phi) is 4.94. The van der Waals surface area contributed by atoms with Gasteiger partial charge in [-0.2, -0.15) is 15.8 Å². The maximum atomic E-state index is 13.2. The smallest absolute Gasteiger partial charge is 0.340 e. The number of carbonyl (C=O) groups excluding carboxylic acids is 1. The van der Waals surface area contributed by atoms with Crippen molar-refractivity contribution in [3.8, 4) is 18.2 Å². The van der Waals surface area contributed by atoms with Gasteiger partial charge in [0.25, 0.3) is 0 Å². The topological polar surface area (TPSA) is 110 Å². The lowest BCUT2D eigenvalue weighted by molar-refractivity contribution is 0.0601. The molecule has 0 amide bonds. The highest BCUT2D eigenvalue weighted by Gasteiger charge is 2.18. The van der Waals surface area contributed by atoms with Crippen LogP contribution in [-0.4, -0.2) is 13.1 Å². The monoisotopic (exact) mass is 288 g/mol. The summed E-state index contributed by atoms with van der Waals surface area (Å²) in [5.74, 6) is -3.55. The molecule has 0 radical (unpaired) electrons. The van der Waals surface area contributed by atoms with E-state index >= 15 is 0 Å². The van der Waals surface area contributed by atoms with E-state index in [1.54, 1.807) is 0 Å². The van der Waals surface area contributed by atoms with Gasteiger partial charge >= 0.3 is 5.97 Å². The molecule has 0 aliphatic carbocycles. The molecule has 8 heteroatoms. The van der Waals surface area contributed by atoms with Crippen LogP contribution in [0, 0.1) is 45.6 Å². The summed E-state index contributed by atoms with van der Waals surface area (Å²) < 4.78 is 30.8. The van der Waals surface area contributed by atoms with E-state index in [-0.39, 0.29) is 11.3 Å². The number of ether oxygens (including phenoxy) is 1. The molecule has 0 fully saturated rings. The number of rotatable bonds is 3. The first-order valence-corrected chi connectivity index (χ1v) is 5.27. The summed E-state index contributed by atoms with van der Waals surface area (Å²) in [6.45, 7) is 0. The van der Waals surface area contributed by atoms with Crippen LogP contribution in [0.3, 0.4) is 0 Å². The maximum absolute atomic E-state index is 13.2. The molecule has 21 heavy (non-hydrogen) atoms. The zero-order chi connectivity index (χ0) is 16.0. The Bertz CT molecular complexity index is 735. The molecule has 0 saturated carbocycles. The van der Waals surface area contributed by atoms with Crippen molar-refractivity contribution in [3.05, 3.63) is 40.6 Å². The van der Waals surface area contributed by atoms with E-state index in [0.29, 0.717) is 12.1 Å². The Labute approximate surface area is 118 Å². The standard InChI is InChI=1S/C13H6F2N4O2/c1-21-13(20)8-2-9(14)10(15)3-11(8)19-12(6-18)7(4-16)5-17/h2-3,19H,1H3. The van der Waals surface area contributed by atoms with Crippen molar-refractivity contribution in [1.29, 1.82) is 15.8 Å². The normalized spacial score (nSPS) is 8.76. The van der Waals surface area contributed by atoms with Gasteiger partial charge in [-0.15, -0.1) is 0 Å². The highest BCUT2D eigenvalue weighted by Crippen LogP contribution is 2.23. The van der Waals surface area contributed by atoms with Crippen molar-refractivity contribution in [1.82, 2.24) is 0 Å². The van der Waals surface area contributed by atoms with E-state index in [9.17, 15) is 13.6 Å². The first-order valence-electron chi connectivity index (χ1n) is 5.27. The summed E-state index contributed by atoms with van der Waals surface area (Å²) in [6.07, 6.45) is 0. The Balaban J connectivity index is 3.45. The van der Waals surface area contributed by atoms with Crippen molar-refractivity contribution in [2.24, 2.45) is 0 Å². The molecular weight excluding hydrogens is 282 g/mol. The third kappa shape index (κ3) is 3.31. The van der Waals surface area contributed by atoms with E-state index in [0.717, 1.165) is 7.11 Å². The molecule has 1 aromatic carbocycles. The summed E-state index contributed by atoms with van der Waals surface area (Å²) in [5.41, 5.74) is -1.77. The van der Waals surface area contributed by atoms with E-state index < -0.39 is 28.9 Å². The van der Waals surface area contributed by atoms with E-state index in [2.05, 4.69) is 10.1 Å². The number of methoxy groups -OCH3 is 1. The maximum Gasteiger partial charge on any atom is 0.340 e. The van der Waals surface area contributed by atoms with E-state index in [1.165, 1.54) is 18.2 Å². The van der Waals surface area contributed by atoms with E-state index in [4.69, 9.17) is 15.8 Å². The molecule has 6 nitrogen and oxygen atoms in total. The average Bonchev–Trinajstić information content (AvgIpc) is 2.49. The SMILES string of the molecule is COC(=O)c1cc(F)c(F)cc1NC(C#N)=C(C#N)C#N. The summed E-state index contributed by atoms with van der Waals surface area (Å²) in [7, 11) is 1.03. The van der Waals surface area contributed by atoms with Gasteiger partial charge in [-0.1, -0.05) is 0 Å². The lowest BCUT2D eigenvalue weighted by Gasteiger charge is -2.10. The minimum atomic E-state index is -1.29. The van der Waals surface area contributed by atoms with Crippen LogP contribution in [0.1, 0.15) is 10.4 Å². The number of esters is 1. The van der Waals surface area contributed by atoms with Crippen molar-refractivity contribution < 1.29 is 18.3 Å². The van der Waals surface area contributed by atoms with Crippen LogP contribution in [0.15, 0.2) is 23.4 Å². The van der Waals surface area contributed by atoms with Gasteiger partial charge in [0.2, 0.25) is 0 Å². The minimum Gasteiger partial charge on any atom is -0.465 e. The van der Waals surface area contributed by atoms with Crippen molar-refractivity contribution in [3.63, 3.8) is 0 Å². The average molecular weight is 288 g/mol. The second-order valence-corrected chi connectivity index (χ2v) is 3.51. The molecule has 0 aliphatic rings. The largest absolute Gasteiger partial charge is 0.465 e. The predicted molar refractivity (Wildman–Crippen MR) is 65.2 cm³/mol. The fourth-order valence-electron chi connectivity index (χ4n) is 1.35. The predicted octanol–water partition coefficient (Wildman–Crippen LogP) is 1.99. The summed E-state index contributed by atoms with van der Waals surface area (Å²) >= 11 is 0. The van der Waals surface area contributed by atoms with Crippen LogP contribution in [0.4, 0.5) is 14.5 Å². The van der Waals surface area contributed by atoms with Crippen LogP contribution >= 0.6 is 0 Å². The highest BCUT2D eigenvalue weighted by molar-refractivity contribution is 5.96. The third-order valence-corrected chi connectivity index (χ3v) is 2.31. The zero-order valence-corrected chi connectivity index (χ0v) is 10.6. The number of allylic oxidation sites excluding steroid dienone is 2. The molecule has 0 heterocycles. The molecule has 1 aromatic rings. The minimum absolute atomic E-state index is 0.305. The number of halogens is 2. The van der Waals surface area contributed by atoms with Gasteiger partial charge in [0, 0.05) is 6.07 Å². The van der Waals surface area contributed by atoms with Crippen molar-refractivity contribution >= 4 is 11.7 Å². The van der Waals surface area contributed by atoms with Gasteiger partial charge in [0.15, 0.2) is 17.2 Å². The van der Waals surface area contributed by atoms with Gasteiger partial charge in [0.05, 0.1) is 18.4 Å². The summed E-state index contributed by atoms with van der Waals surface area (Å²) in [6, 6.07) is 5.64. The van der Waals surface area contributed by atoms with E-state index in [1.807, 2.05) is 0 Å². The highest BCUT2D eigenvalue weighted by atomic mass is 19.2. The van der Waals surface area contributed by atoms with Gasteiger partial charge in [-0.05, 0) is 6.07 Å². The van der Waals surface area contributed by atoms with Crippen LogP contribution in [0.2, 0.25) is 0 Å². The lowest BCUT2D eigenvalue weighted by atomic mass is 10.1. The van der Waals surface area contributed by atoms with Crippen LogP contribution in [0.5, 0.6) is 0 Å². The Hall–Kier alpha value is -3.44. The van der Waals surface area contributed by atoms with Crippen molar-refractivity contribution in [2.75, 3.05) is 12.4 Å². The van der Waals surface area contributed by atoms with Gasteiger partial charge < -0.3 is 10.1 Å². The van der Waals surface area contributed by atoms with Crippen LogP contribution < -0.4 is 5.32 Å². The fourth-order valence-corrected chi connectivity index (χ4v) is 1.35. The number of nitrogens with one attached hydrogen (secondary N) is 1. The molecule has 0 aliphatic heterocycles. The lowest BCUT2D eigenvalue weighted by Crippen LogP contribution is -2.10. The first-order chi connectivity index (χ1) is 9.98. The second-order valence-electron chi connectivity index (χ2n) is 3.51. The first kappa shape index (κ1) is 15.6. The van der Waals surface area contributed by atoms with Gasteiger partial charge in [0.1, 0.15) is 23.9 Å². The van der Waals surface area contributed by atoms with Gasteiger partial charge in [-0.25, -0.2) is 13.6 Å². The number of nitriles is 3. The molecule has 104 valence electrons. The fraction of sp³-hybridized carbons (Fsp3) is 0.0769. The number of anilines is 1.